The number of ether oxygens (including phenoxy) is 2. The number of aryl methyl sites for hydroxylation is 2. The van der Waals surface area contributed by atoms with Crippen LogP contribution in [0.5, 0.6) is 11.5 Å². The van der Waals surface area contributed by atoms with Gasteiger partial charge in [-0.05, 0) is 92.1 Å². The lowest BCUT2D eigenvalue weighted by atomic mass is 10.1. The molecule has 36 heavy (non-hydrogen) atoms. The van der Waals surface area contributed by atoms with E-state index in [9.17, 15) is 14.4 Å². The zero-order valence-corrected chi connectivity index (χ0v) is 23.1. The van der Waals surface area contributed by atoms with Crippen molar-refractivity contribution < 1.29 is 23.9 Å². The van der Waals surface area contributed by atoms with Gasteiger partial charge in [0.1, 0.15) is 11.5 Å². The Balaban J connectivity index is 1.34. The number of nitrogens with one attached hydrogen (secondary N) is 2. The van der Waals surface area contributed by atoms with Crippen molar-refractivity contribution in [3.05, 3.63) is 80.7 Å². The van der Waals surface area contributed by atoms with Gasteiger partial charge in [-0.15, -0.1) is 0 Å². The maximum Gasteiger partial charge on any atom is 0.306 e. The van der Waals surface area contributed by atoms with Crippen molar-refractivity contribution >= 4 is 61.0 Å². The minimum Gasteiger partial charge on any atom is -0.457 e. The molecule has 0 unspecified atom stereocenters. The Hall–Kier alpha value is -3.17. The predicted octanol–water partition coefficient (Wildman–Crippen LogP) is 6.91. The molecule has 0 aliphatic carbocycles. The lowest BCUT2D eigenvalue weighted by molar-refractivity contribution is -0.147. The number of esters is 1. The standard InChI is InChI=1S/C27H26Br2N2O5/c1-17-15-24(18(2)14-23(17)29)31-26(33)16-35-27(34)5-3-4-25(32)30-20-8-12-22(13-9-20)36-21-10-6-19(28)7-11-21/h6-15H,3-5,16H2,1-2H3,(H,30,32)(H,31,33). The van der Waals surface area contributed by atoms with Crippen LogP contribution in [0.25, 0.3) is 0 Å². The highest BCUT2D eigenvalue weighted by atomic mass is 79.9. The van der Waals surface area contributed by atoms with Crippen LogP contribution in [0, 0.1) is 13.8 Å². The molecular formula is C27H26Br2N2O5. The molecule has 2 N–H and O–H groups in total. The van der Waals surface area contributed by atoms with Gasteiger partial charge >= 0.3 is 5.97 Å². The lowest BCUT2D eigenvalue weighted by Crippen LogP contribution is -2.21. The first-order chi connectivity index (χ1) is 17.2. The molecule has 0 bridgehead atoms. The van der Waals surface area contributed by atoms with Gasteiger partial charge in [-0.3, -0.25) is 14.4 Å². The second-order valence-corrected chi connectivity index (χ2v) is 9.88. The third kappa shape index (κ3) is 8.80. The lowest BCUT2D eigenvalue weighted by Gasteiger charge is -2.11. The molecule has 3 rings (SSSR count). The Morgan fingerprint density at radius 2 is 1.42 bits per heavy atom. The summed E-state index contributed by atoms with van der Waals surface area (Å²) in [6.07, 6.45) is 0.495. The third-order valence-corrected chi connectivity index (χ3v) is 6.50. The molecule has 0 aromatic heterocycles. The van der Waals surface area contributed by atoms with Crippen LogP contribution in [-0.4, -0.2) is 24.4 Å². The van der Waals surface area contributed by atoms with Crippen molar-refractivity contribution in [2.75, 3.05) is 17.2 Å². The Bertz CT molecular complexity index is 1230. The molecule has 0 heterocycles. The van der Waals surface area contributed by atoms with Gasteiger partial charge in [-0.2, -0.15) is 0 Å². The molecule has 0 aliphatic heterocycles. The molecule has 0 radical (unpaired) electrons. The average Bonchev–Trinajstić information content (AvgIpc) is 2.84. The van der Waals surface area contributed by atoms with Crippen molar-refractivity contribution in [1.29, 1.82) is 0 Å². The molecule has 3 aromatic carbocycles. The fourth-order valence-electron chi connectivity index (χ4n) is 3.18. The molecule has 0 spiro atoms. The molecule has 0 atom stereocenters. The third-order valence-electron chi connectivity index (χ3n) is 5.12. The quantitative estimate of drug-likeness (QED) is 0.241. The highest BCUT2D eigenvalue weighted by Crippen LogP contribution is 2.25. The summed E-state index contributed by atoms with van der Waals surface area (Å²) in [5.74, 6) is 0.184. The van der Waals surface area contributed by atoms with E-state index in [1.54, 1.807) is 24.3 Å². The number of anilines is 2. The number of hydrogen-bond donors (Lipinski definition) is 2. The van der Waals surface area contributed by atoms with Gasteiger partial charge in [0, 0.05) is 33.2 Å². The van der Waals surface area contributed by atoms with Crippen LogP contribution < -0.4 is 15.4 Å². The SMILES string of the molecule is Cc1cc(NC(=O)COC(=O)CCCC(=O)Nc2ccc(Oc3ccc(Br)cc3)cc2)c(C)cc1Br. The number of hydrogen-bond acceptors (Lipinski definition) is 5. The number of rotatable bonds is 10. The first kappa shape index (κ1) is 27.4. The van der Waals surface area contributed by atoms with E-state index in [1.165, 1.54) is 0 Å². The van der Waals surface area contributed by atoms with E-state index in [1.807, 2.05) is 50.2 Å². The summed E-state index contributed by atoms with van der Waals surface area (Å²) in [5.41, 5.74) is 3.17. The van der Waals surface area contributed by atoms with Crippen LogP contribution in [0.15, 0.2) is 69.6 Å². The van der Waals surface area contributed by atoms with Crippen molar-refractivity contribution in [1.82, 2.24) is 0 Å². The summed E-state index contributed by atoms with van der Waals surface area (Å²) in [6, 6.07) is 18.2. The Kier molecular flexibility index (Phi) is 10.1. The number of benzene rings is 3. The van der Waals surface area contributed by atoms with Crippen LogP contribution in [0.3, 0.4) is 0 Å². The van der Waals surface area contributed by atoms with Crippen LogP contribution in [0.2, 0.25) is 0 Å². The number of halogens is 2. The van der Waals surface area contributed by atoms with Crippen LogP contribution in [0.1, 0.15) is 30.4 Å². The molecule has 0 aliphatic rings. The van der Waals surface area contributed by atoms with E-state index in [4.69, 9.17) is 9.47 Å². The fraction of sp³-hybridized carbons (Fsp3) is 0.222. The highest BCUT2D eigenvalue weighted by Gasteiger charge is 2.11. The van der Waals surface area contributed by atoms with Gasteiger partial charge in [-0.1, -0.05) is 31.9 Å². The topological polar surface area (TPSA) is 93.7 Å². The Morgan fingerprint density at radius 3 is 2.08 bits per heavy atom. The van der Waals surface area contributed by atoms with Crippen molar-refractivity contribution in [3.8, 4) is 11.5 Å². The Morgan fingerprint density at radius 1 is 0.778 bits per heavy atom. The number of carbonyl (C=O) groups excluding carboxylic acids is 3. The molecular weight excluding hydrogens is 592 g/mol. The summed E-state index contributed by atoms with van der Waals surface area (Å²) in [5, 5.41) is 5.53. The largest absolute Gasteiger partial charge is 0.457 e. The van der Waals surface area contributed by atoms with Gasteiger partial charge in [0.15, 0.2) is 6.61 Å². The first-order valence-electron chi connectivity index (χ1n) is 11.2. The molecule has 7 nitrogen and oxygen atoms in total. The second-order valence-electron chi connectivity index (χ2n) is 8.11. The van der Waals surface area contributed by atoms with E-state index < -0.39 is 11.9 Å². The summed E-state index contributed by atoms with van der Waals surface area (Å²) < 4.78 is 12.7. The van der Waals surface area contributed by atoms with Gasteiger partial charge in [0.25, 0.3) is 5.91 Å². The predicted molar refractivity (Wildman–Crippen MR) is 146 cm³/mol. The van der Waals surface area contributed by atoms with Crippen molar-refractivity contribution in [3.63, 3.8) is 0 Å². The Labute approximate surface area is 226 Å². The molecule has 3 aromatic rings. The van der Waals surface area contributed by atoms with E-state index in [0.717, 1.165) is 20.1 Å². The van der Waals surface area contributed by atoms with Crippen LogP contribution in [-0.2, 0) is 19.1 Å². The molecule has 9 heteroatoms. The van der Waals surface area contributed by atoms with E-state index >= 15 is 0 Å². The number of carbonyl (C=O) groups is 3. The van der Waals surface area contributed by atoms with E-state index in [2.05, 4.69) is 42.5 Å². The number of amides is 2. The molecule has 0 saturated carbocycles. The van der Waals surface area contributed by atoms with E-state index in [0.29, 0.717) is 29.3 Å². The van der Waals surface area contributed by atoms with Crippen LogP contribution in [0.4, 0.5) is 11.4 Å². The molecule has 2 amide bonds. The normalized spacial score (nSPS) is 10.4. The smallest absolute Gasteiger partial charge is 0.306 e. The van der Waals surface area contributed by atoms with Gasteiger partial charge in [0.05, 0.1) is 0 Å². The first-order valence-corrected chi connectivity index (χ1v) is 12.8. The second kappa shape index (κ2) is 13.2. The zero-order valence-electron chi connectivity index (χ0n) is 19.9. The minimum atomic E-state index is -0.531. The van der Waals surface area contributed by atoms with Crippen molar-refractivity contribution in [2.45, 2.75) is 33.1 Å². The highest BCUT2D eigenvalue weighted by molar-refractivity contribution is 9.10. The summed E-state index contributed by atoms with van der Waals surface area (Å²) in [7, 11) is 0. The minimum absolute atomic E-state index is 0.0388. The summed E-state index contributed by atoms with van der Waals surface area (Å²) >= 11 is 6.83. The maximum atomic E-state index is 12.2. The molecule has 0 saturated heterocycles. The zero-order chi connectivity index (χ0) is 26.1. The average molecular weight is 618 g/mol. The van der Waals surface area contributed by atoms with Crippen molar-refractivity contribution in [2.24, 2.45) is 0 Å². The molecule has 188 valence electrons. The maximum absolute atomic E-state index is 12.2. The molecule has 0 fully saturated rings. The van der Waals surface area contributed by atoms with Gasteiger partial charge in [0.2, 0.25) is 5.91 Å². The summed E-state index contributed by atoms with van der Waals surface area (Å²) in [4.78, 5) is 36.3. The summed E-state index contributed by atoms with van der Waals surface area (Å²) in [6.45, 7) is 3.42. The monoisotopic (exact) mass is 616 g/mol. The van der Waals surface area contributed by atoms with Gasteiger partial charge < -0.3 is 20.1 Å². The van der Waals surface area contributed by atoms with Crippen LogP contribution >= 0.6 is 31.9 Å². The van der Waals surface area contributed by atoms with E-state index in [-0.39, 0.29) is 25.4 Å². The van der Waals surface area contributed by atoms with Gasteiger partial charge in [-0.25, -0.2) is 0 Å². The fourth-order valence-corrected chi connectivity index (χ4v) is 3.90.